The summed E-state index contributed by atoms with van der Waals surface area (Å²) in [5.74, 6) is 0.470. The molecule has 2 heterocycles. The van der Waals surface area contributed by atoms with Crippen molar-refractivity contribution in [3.63, 3.8) is 0 Å². The largest absolute Gasteiger partial charge is 0.290 e. The Morgan fingerprint density at radius 1 is 1.36 bits per heavy atom. The smallest absolute Gasteiger partial charge is 0.218 e. The van der Waals surface area contributed by atoms with Crippen molar-refractivity contribution < 1.29 is 9.18 Å². The second kappa shape index (κ2) is 4.73. The maximum absolute atomic E-state index is 14.3. The van der Waals surface area contributed by atoms with Gasteiger partial charge in [-0.25, -0.2) is 14.1 Å². The SMILES string of the molecule is CCC1(C(=O)c2nc3n(n2)C(c2ccccc2)CC3F)CC1. The Hall–Kier alpha value is -2.04. The Labute approximate surface area is 128 Å². The third kappa shape index (κ3) is 1.91. The number of hydrogen-bond acceptors (Lipinski definition) is 3. The van der Waals surface area contributed by atoms with Crippen molar-refractivity contribution in [1.82, 2.24) is 14.8 Å². The molecule has 2 aliphatic rings. The lowest BCUT2D eigenvalue weighted by molar-refractivity contribution is 0.0884. The minimum atomic E-state index is -1.16. The molecule has 1 aromatic heterocycles. The molecule has 5 heteroatoms. The fourth-order valence-corrected chi connectivity index (χ4v) is 3.36. The molecule has 1 aliphatic heterocycles. The van der Waals surface area contributed by atoms with E-state index in [4.69, 9.17) is 0 Å². The number of carbonyl (C=O) groups excluding carboxylic acids is 1. The Balaban J connectivity index is 1.71. The molecule has 22 heavy (non-hydrogen) atoms. The van der Waals surface area contributed by atoms with Gasteiger partial charge in [-0.05, 0) is 24.8 Å². The Morgan fingerprint density at radius 3 is 2.73 bits per heavy atom. The molecule has 0 amide bonds. The predicted molar refractivity (Wildman–Crippen MR) is 79.4 cm³/mol. The van der Waals surface area contributed by atoms with Crippen molar-refractivity contribution in [2.75, 3.05) is 0 Å². The number of rotatable bonds is 4. The number of halogens is 1. The molecule has 1 saturated carbocycles. The van der Waals surface area contributed by atoms with Gasteiger partial charge >= 0.3 is 0 Å². The summed E-state index contributed by atoms with van der Waals surface area (Å²) in [5.41, 5.74) is 0.723. The predicted octanol–water partition coefficient (Wildman–Crippen LogP) is 3.65. The van der Waals surface area contributed by atoms with E-state index in [0.29, 0.717) is 12.2 Å². The van der Waals surface area contributed by atoms with Gasteiger partial charge in [0.05, 0.1) is 6.04 Å². The first-order valence-electron chi connectivity index (χ1n) is 7.85. The average Bonchev–Trinajstić information content (AvgIpc) is 3.13. The maximum Gasteiger partial charge on any atom is 0.218 e. The van der Waals surface area contributed by atoms with E-state index in [9.17, 15) is 9.18 Å². The second-order valence-electron chi connectivity index (χ2n) is 6.33. The highest BCUT2D eigenvalue weighted by Gasteiger charge is 2.50. The third-order valence-corrected chi connectivity index (χ3v) is 5.06. The highest BCUT2D eigenvalue weighted by atomic mass is 19.1. The van der Waals surface area contributed by atoms with Crippen LogP contribution in [0.1, 0.15) is 66.8 Å². The second-order valence-corrected chi connectivity index (χ2v) is 6.33. The van der Waals surface area contributed by atoms with Crippen molar-refractivity contribution >= 4 is 5.78 Å². The van der Waals surface area contributed by atoms with Crippen molar-refractivity contribution in [3.8, 4) is 0 Å². The lowest BCUT2D eigenvalue weighted by Gasteiger charge is -2.12. The highest BCUT2D eigenvalue weighted by Crippen LogP contribution is 2.51. The first-order chi connectivity index (χ1) is 10.6. The monoisotopic (exact) mass is 299 g/mol. The van der Waals surface area contributed by atoms with E-state index in [-0.39, 0.29) is 23.1 Å². The van der Waals surface area contributed by atoms with E-state index in [1.165, 1.54) is 0 Å². The van der Waals surface area contributed by atoms with E-state index < -0.39 is 6.17 Å². The lowest BCUT2D eigenvalue weighted by Crippen LogP contribution is -2.18. The molecule has 1 aromatic carbocycles. The first kappa shape index (κ1) is 13.6. The minimum Gasteiger partial charge on any atom is -0.290 e. The number of benzene rings is 1. The first-order valence-corrected chi connectivity index (χ1v) is 7.85. The Bertz CT molecular complexity index is 721. The van der Waals surface area contributed by atoms with Crippen LogP contribution in [0.5, 0.6) is 0 Å². The standard InChI is InChI=1S/C17H18FN3O/c1-2-17(8-9-17)14(22)15-19-16-12(18)10-13(21(16)20-15)11-6-4-3-5-7-11/h3-7,12-13H,2,8-10H2,1H3. The number of carbonyl (C=O) groups is 1. The molecule has 4 rings (SSSR count). The zero-order valence-electron chi connectivity index (χ0n) is 12.5. The molecule has 0 N–H and O–H groups in total. The van der Waals surface area contributed by atoms with Gasteiger partial charge in [-0.2, -0.15) is 0 Å². The van der Waals surface area contributed by atoms with Gasteiger partial charge < -0.3 is 0 Å². The van der Waals surface area contributed by atoms with Gasteiger partial charge in [-0.3, -0.25) is 4.79 Å². The van der Waals surface area contributed by atoms with Gasteiger partial charge in [0.15, 0.2) is 12.0 Å². The van der Waals surface area contributed by atoms with E-state index in [1.807, 2.05) is 37.3 Å². The van der Waals surface area contributed by atoms with Crippen LogP contribution in [0, 0.1) is 5.41 Å². The normalized spacial score (nSPS) is 25.0. The fraction of sp³-hybridized carbons (Fsp3) is 0.471. The van der Waals surface area contributed by atoms with Crippen LogP contribution in [-0.4, -0.2) is 20.5 Å². The van der Waals surface area contributed by atoms with Gasteiger partial charge in [0.2, 0.25) is 11.6 Å². The van der Waals surface area contributed by atoms with Crippen molar-refractivity contribution in [3.05, 3.63) is 47.5 Å². The maximum atomic E-state index is 14.3. The summed E-state index contributed by atoms with van der Waals surface area (Å²) in [4.78, 5) is 16.8. The number of fused-ring (bicyclic) bond motifs is 1. The molecule has 0 bridgehead atoms. The summed E-state index contributed by atoms with van der Waals surface area (Å²) < 4.78 is 15.9. The van der Waals surface area contributed by atoms with Gasteiger partial charge in [0, 0.05) is 11.8 Å². The molecule has 0 saturated heterocycles. The molecule has 1 fully saturated rings. The molecule has 2 unspecified atom stereocenters. The van der Waals surface area contributed by atoms with Crippen LogP contribution in [0.4, 0.5) is 4.39 Å². The van der Waals surface area contributed by atoms with Crippen molar-refractivity contribution in [2.24, 2.45) is 5.41 Å². The molecular weight excluding hydrogens is 281 g/mol. The zero-order valence-corrected chi connectivity index (χ0v) is 12.5. The summed E-state index contributed by atoms with van der Waals surface area (Å²) in [5, 5.41) is 4.37. The minimum absolute atomic E-state index is 0.0177. The third-order valence-electron chi connectivity index (χ3n) is 5.06. The molecule has 2 atom stereocenters. The van der Waals surface area contributed by atoms with Crippen LogP contribution in [0.2, 0.25) is 0 Å². The molecule has 4 nitrogen and oxygen atoms in total. The number of hydrogen-bond donors (Lipinski definition) is 0. The van der Waals surface area contributed by atoms with Crippen LogP contribution in [0.25, 0.3) is 0 Å². The van der Waals surface area contributed by atoms with E-state index in [1.54, 1.807) is 4.68 Å². The van der Waals surface area contributed by atoms with E-state index in [2.05, 4.69) is 10.1 Å². The van der Waals surface area contributed by atoms with Gasteiger partial charge in [-0.15, -0.1) is 5.10 Å². The average molecular weight is 299 g/mol. The lowest BCUT2D eigenvalue weighted by atomic mass is 9.97. The quantitative estimate of drug-likeness (QED) is 0.810. The molecule has 114 valence electrons. The molecule has 1 aliphatic carbocycles. The Kier molecular flexibility index (Phi) is 2.93. The highest BCUT2D eigenvalue weighted by molar-refractivity contribution is 5.99. The molecule has 0 radical (unpaired) electrons. The van der Waals surface area contributed by atoms with Gasteiger partial charge in [-0.1, -0.05) is 37.3 Å². The summed E-state index contributed by atoms with van der Waals surface area (Å²) in [6.07, 6.45) is 1.78. The van der Waals surface area contributed by atoms with E-state index in [0.717, 1.165) is 24.8 Å². The van der Waals surface area contributed by atoms with Crippen LogP contribution in [0.3, 0.4) is 0 Å². The van der Waals surface area contributed by atoms with Crippen molar-refractivity contribution in [2.45, 2.75) is 44.8 Å². The van der Waals surface area contributed by atoms with Gasteiger partial charge in [0.1, 0.15) is 0 Å². The van der Waals surface area contributed by atoms with Crippen LogP contribution >= 0.6 is 0 Å². The van der Waals surface area contributed by atoms with Crippen molar-refractivity contribution in [1.29, 1.82) is 0 Å². The topological polar surface area (TPSA) is 47.8 Å². The fourth-order valence-electron chi connectivity index (χ4n) is 3.36. The number of aromatic nitrogens is 3. The summed E-state index contributed by atoms with van der Waals surface area (Å²) in [6.45, 7) is 2.01. The number of Topliss-reactive ketones (excluding diaryl/α,β-unsaturated/α-hetero) is 1. The number of alkyl halides is 1. The summed E-state index contributed by atoms with van der Waals surface area (Å²) in [7, 11) is 0. The summed E-state index contributed by atoms with van der Waals surface area (Å²) >= 11 is 0. The molecular formula is C17H18FN3O. The summed E-state index contributed by atoms with van der Waals surface area (Å²) in [6, 6.07) is 9.55. The Morgan fingerprint density at radius 2 is 2.09 bits per heavy atom. The van der Waals surface area contributed by atoms with Crippen LogP contribution in [0.15, 0.2) is 30.3 Å². The zero-order chi connectivity index (χ0) is 15.3. The molecule has 0 spiro atoms. The number of nitrogens with zero attached hydrogens (tertiary/aromatic N) is 3. The van der Waals surface area contributed by atoms with Crippen LogP contribution in [-0.2, 0) is 0 Å². The van der Waals surface area contributed by atoms with E-state index >= 15 is 0 Å². The van der Waals surface area contributed by atoms with Crippen LogP contribution < -0.4 is 0 Å². The van der Waals surface area contributed by atoms with Gasteiger partial charge in [0.25, 0.3) is 0 Å². The number of ketones is 1. The molecule has 2 aromatic rings.